The molecule has 0 aliphatic carbocycles. The predicted molar refractivity (Wildman–Crippen MR) is 125 cm³/mol. The minimum Gasteiger partial charge on any atom is -0.483 e. The number of rotatable bonds is 7. The molecule has 0 aliphatic rings. The van der Waals surface area contributed by atoms with Crippen LogP contribution in [0.1, 0.15) is 12.5 Å². The Morgan fingerprint density at radius 2 is 1.73 bits per heavy atom. The fourth-order valence-corrected chi connectivity index (χ4v) is 3.17. The van der Waals surface area contributed by atoms with Gasteiger partial charge in [-0.15, -0.1) is 0 Å². The summed E-state index contributed by atoms with van der Waals surface area (Å²) in [6.45, 7) is 3.87. The first kappa shape index (κ1) is 21.9. The molecule has 4 aromatic rings. The van der Waals surface area contributed by atoms with Crippen LogP contribution in [0.4, 0.5) is 16.2 Å². The number of aryl methyl sites for hydroxylation is 1. The van der Waals surface area contributed by atoms with E-state index in [-0.39, 0.29) is 12.5 Å². The van der Waals surface area contributed by atoms with E-state index in [1.54, 1.807) is 49.4 Å². The molecule has 0 radical (unpaired) electrons. The van der Waals surface area contributed by atoms with E-state index in [0.29, 0.717) is 40.7 Å². The second kappa shape index (κ2) is 9.86. The first-order chi connectivity index (χ1) is 16.0. The predicted octanol–water partition coefficient (Wildman–Crippen LogP) is 5.39. The number of para-hydroxylation sites is 1. The van der Waals surface area contributed by atoms with E-state index in [2.05, 4.69) is 15.6 Å². The summed E-state index contributed by atoms with van der Waals surface area (Å²) >= 11 is 0. The molecule has 33 heavy (non-hydrogen) atoms. The van der Waals surface area contributed by atoms with Crippen molar-refractivity contribution in [2.75, 3.05) is 23.8 Å². The summed E-state index contributed by atoms with van der Waals surface area (Å²) in [5, 5.41) is 5.45. The van der Waals surface area contributed by atoms with Crippen LogP contribution >= 0.6 is 0 Å². The lowest BCUT2D eigenvalue weighted by molar-refractivity contribution is -0.118. The van der Waals surface area contributed by atoms with Crippen LogP contribution in [0.15, 0.2) is 71.1 Å². The Morgan fingerprint density at radius 1 is 0.970 bits per heavy atom. The second-order valence-electron chi connectivity index (χ2n) is 7.23. The standard InChI is InChI=1S/C25H23N3O5/c1-3-31-25(30)27-19-12-13-22-20(14-19)28-24(33-22)17-8-10-18(11-9-17)26-23(29)15-32-21-7-5-4-6-16(21)2/h4-14H,3,15H2,1-2H3,(H,26,29)(H,27,30). The van der Waals surface area contributed by atoms with Crippen LogP contribution in [0.25, 0.3) is 22.6 Å². The van der Waals surface area contributed by atoms with E-state index in [9.17, 15) is 9.59 Å². The maximum absolute atomic E-state index is 12.2. The molecule has 1 aromatic heterocycles. The van der Waals surface area contributed by atoms with E-state index in [1.165, 1.54) is 0 Å². The van der Waals surface area contributed by atoms with Gasteiger partial charge in [-0.2, -0.15) is 0 Å². The van der Waals surface area contributed by atoms with Crippen LogP contribution in [0.2, 0.25) is 0 Å². The van der Waals surface area contributed by atoms with E-state index < -0.39 is 6.09 Å². The van der Waals surface area contributed by atoms with Crippen molar-refractivity contribution in [3.8, 4) is 17.2 Å². The largest absolute Gasteiger partial charge is 0.483 e. The number of benzene rings is 3. The highest BCUT2D eigenvalue weighted by Gasteiger charge is 2.11. The van der Waals surface area contributed by atoms with E-state index in [1.807, 2.05) is 31.2 Å². The quantitative estimate of drug-likeness (QED) is 0.395. The van der Waals surface area contributed by atoms with Gasteiger partial charge in [-0.05, 0) is 67.9 Å². The number of fused-ring (bicyclic) bond motifs is 1. The average Bonchev–Trinajstić information content (AvgIpc) is 3.22. The van der Waals surface area contributed by atoms with Crippen molar-refractivity contribution in [2.24, 2.45) is 0 Å². The third-order valence-electron chi connectivity index (χ3n) is 4.78. The third-order valence-corrected chi connectivity index (χ3v) is 4.78. The van der Waals surface area contributed by atoms with Gasteiger partial charge >= 0.3 is 6.09 Å². The monoisotopic (exact) mass is 445 g/mol. The lowest BCUT2D eigenvalue weighted by atomic mass is 10.2. The summed E-state index contributed by atoms with van der Waals surface area (Å²) < 4.78 is 16.3. The average molecular weight is 445 g/mol. The molecule has 0 bridgehead atoms. The number of ether oxygens (including phenoxy) is 2. The number of aromatic nitrogens is 1. The van der Waals surface area contributed by atoms with Crippen LogP contribution in [0.3, 0.4) is 0 Å². The molecule has 4 rings (SSSR count). The maximum Gasteiger partial charge on any atom is 0.411 e. The number of amides is 2. The van der Waals surface area contributed by atoms with Gasteiger partial charge < -0.3 is 19.2 Å². The first-order valence-corrected chi connectivity index (χ1v) is 10.4. The molecule has 0 spiro atoms. The van der Waals surface area contributed by atoms with Crippen molar-refractivity contribution in [2.45, 2.75) is 13.8 Å². The van der Waals surface area contributed by atoms with Gasteiger partial charge in [0.25, 0.3) is 5.91 Å². The number of carbonyl (C=O) groups excluding carboxylic acids is 2. The molecule has 2 amide bonds. The fraction of sp³-hybridized carbons (Fsp3) is 0.160. The molecule has 8 heteroatoms. The van der Waals surface area contributed by atoms with E-state index in [0.717, 1.165) is 11.1 Å². The number of nitrogens with one attached hydrogen (secondary N) is 2. The molecule has 0 fully saturated rings. The zero-order valence-corrected chi connectivity index (χ0v) is 18.3. The fourth-order valence-electron chi connectivity index (χ4n) is 3.17. The first-order valence-electron chi connectivity index (χ1n) is 10.4. The zero-order chi connectivity index (χ0) is 23.2. The van der Waals surface area contributed by atoms with Crippen LogP contribution < -0.4 is 15.4 Å². The molecular weight excluding hydrogens is 422 g/mol. The molecule has 8 nitrogen and oxygen atoms in total. The summed E-state index contributed by atoms with van der Waals surface area (Å²) in [6.07, 6.45) is -0.525. The van der Waals surface area contributed by atoms with Crippen molar-refractivity contribution >= 4 is 34.5 Å². The molecule has 168 valence electrons. The van der Waals surface area contributed by atoms with Crippen molar-refractivity contribution in [1.82, 2.24) is 4.98 Å². The van der Waals surface area contributed by atoms with Gasteiger partial charge in [0.2, 0.25) is 5.89 Å². The number of hydrogen-bond donors (Lipinski definition) is 2. The summed E-state index contributed by atoms with van der Waals surface area (Å²) in [4.78, 5) is 28.3. The molecule has 0 unspecified atom stereocenters. The highest BCUT2D eigenvalue weighted by atomic mass is 16.5. The third kappa shape index (κ3) is 5.48. The lowest BCUT2D eigenvalue weighted by Crippen LogP contribution is -2.20. The Hall–Kier alpha value is -4.33. The highest BCUT2D eigenvalue weighted by Crippen LogP contribution is 2.27. The molecule has 1 heterocycles. The number of nitrogens with zero attached hydrogens (tertiary/aromatic N) is 1. The minimum absolute atomic E-state index is 0.0834. The van der Waals surface area contributed by atoms with E-state index in [4.69, 9.17) is 13.9 Å². The van der Waals surface area contributed by atoms with Gasteiger partial charge in [0.1, 0.15) is 11.3 Å². The molecule has 0 aliphatic heterocycles. The normalized spacial score (nSPS) is 10.6. The van der Waals surface area contributed by atoms with Gasteiger partial charge in [-0.3, -0.25) is 10.1 Å². The Labute approximate surface area is 190 Å². The van der Waals surface area contributed by atoms with E-state index >= 15 is 0 Å². The van der Waals surface area contributed by atoms with Crippen LogP contribution in [-0.4, -0.2) is 30.2 Å². The van der Waals surface area contributed by atoms with Crippen molar-refractivity contribution < 1.29 is 23.5 Å². The smallest absolute Gasteiger partial charge is 0.411 e. The topological polar surface area (TPSA) is 103 Å². The van der Waals surface area contributed by atoms with Crippen LogP contribution in [-0.2, 0) is 9.53 Å². The van der Waals surface area contributed by atoms with Gasteiger partial charge in [-0.1, -0.05) is 18.2 Å². The van der Waals surface area contributed by atoms with Crippen molar-refractivity contribution in [1.29, 1.82) is 0 Å². The van der Waals surface area contributed by atoms with Gasteiger partial charge in [-0.25, -0.2) is 9.78 Å². The zero-order valence-electron chi connectivity index (χ0n) is 18.3. The second-order valence-corrected chi connectivity index (χ2v) is 7.23. The Balaban J connectivity index is 1.39. The molecule has 0 saturated carbocycles. The minimum atomic E-state index is -0.525. The van der Waals surface area contributed by atoms with Crippen LogP contribution in [0, 0.1) is 6.92 Å². The summed E-state index contributed by atoms with van der Waals surface area (Å²) in [7, 11) is 0. The Morgan fingerprint density at radius 3 is 2.48 bits per heavy atom. The molecule has 0 saturated heterocycles. The van der Waals surface area contributed by atoms with Crippen LogP contribution in [0.5, 0.6) is 5.75 Å². The summed E-state index contributed by atoms with van der Waals surface area (Å²) in [6, 6.07) is 19.8. The Kier molecular flexibility index (Phi) is 6.54. The maximum atomic E-state index is 12.2. The summed E-state index contributed by atoms with van der Waals surface area (Å²) in [5.41, 5.74) is 4.10. The summed E-state index contributed by atoms with van der Waals surface area (Å²) in [5.74, 6) is 0.855. The number of hydrogen-bond acceptors (Lipinski definition) is 6. The number of oxazole rings is 1. The lowest BCUT2D eigenvalue weighted by Gasteiger charge is -2.09. The molecular formula is C25H23N3O5. The van der Waals surface area contributed by atoms with Crippen molar-refractivity contribution in [3.63, 3.8) is 0 Å². The number of anilines is 2. The molecule has 0 atom stereocenters. The highest BCUT2D eigenvalue weighted by molar-refractivity contribution is 5.92. The molecule has 3 aromatic carbocycles. The SMILES string of the molecule is CCOC(=O)Nc1ccc2oc(-c3ccc(NC(=O)COc4ccccc4C)cc3)nc2c1. The molecule has 2 N–H and O–H groups in total. The number of carbonyl (C=O) groups is 2. The van der Waals surface area contributed by atoms with Gasteiger partial charge in [0, 0.05) is 16.9 Å². The van der Waals surface area contributed by atoms with Crippen molar-refractivity contribution in [3.05, 3.63) is 72.3 Å². The van der Waals surface area contributed by atoms with Gasteiger partial charge in [0.05, 0.1) is 6.61 Å². The Bertz CT molecular complexity index is 1280. The van der Waals surface area contributed by atoms with Gasteiger partial charge in [0.15, 0.2) is 12.2 Å².